The minimum atomic E-state index is -4.16. The van der Waals surface area contributed by atoms with Crippen LogP contribution in [0.15, 0.2) is 0 Å². The van der Waals surface area contributed by atoms with Gasteiger partial charge in [0, 0.05) is 10.9 Å². The van der Waals surface area contributed by atoms with Crippen LogP contribution in [0, 0.1) is 0 Å². The Kier molecular flexibility index (Phi) is 6.00. The first-order valence-electron chi connectivity index (χ1n) is 6.01. The van der Waals surface area contributed by atoms with Crippen LogP contribution in [0.25, 0.3) is 0 Å². The lowest BCUT2D eigenvalue weighted by Gasteiger charge is -2.31. The fourth-order valence-electron chi connectivity index (χ4n) is 1.16. The van der Waals surface area contributed by atoms with E-state index in [-0.39, 0.29) is 3.82 Å². The molecule has 0 saturated heterocycles. The van der Waals surface area contributed by atoms with E-state index >= 15 is 0 Å². The molecular weight excluding hydrogens is 308 g/mol. The van der Waals surface area contributed by atoms with Crippen molar-refractivity contribution in [2.45, 2.75) is 40.2 Å². The van der Waals surface area contributed by atoms with Crippen molar-refractivity contribution >= 4 is 26.1 Å². The number of hydrogen-bond donors (Lipinski definition) is 0. The van der Waals surface area contributed by atoms with Crippen molar-refractivity contribution < 1.29 is 26.4 Å². The smallest absolute Gasteiger partial charge is 0.426 e. The lowest BCUT2D eigenvalue weighted by molar-refractivity contribution is 0.0114. The molecule has 0 unspecified atom stereocenters. The average Bonchev–Trinajstić information content (AvgIpc) is 2.26. The molecule has 0 radical (unpaired) electrons. The van der Waals surface area contributed by atoms with Crippen molar-refractivity contribution in [3.63, 3.8) is 0 Å². The molecule has 0 aliphatic rings. The normalized spacial score (nSPS) is 13.3. The number of nitrogens with zero attached hydrogens (tertiary/aromatic N) is 2. The van der Waals surface area contributed by atoms with Crippen molar-refractivity contribution in [2.24, 2.45) is 0 Å². The first-order valence-corrected chi connectivity index (χ1v) is 9.22. The van der Waals surface area contributed by atoms with E-state index in [0.717, 1.165) is 7.05 Å². The third-order valence-electron chi connectivity index (χ3n) is 2.11. The third-order valence-corrected chi connectivity index (χ3v) is 6.37. The molecule has 0 bridgehead atoms. The van der Waals surface area contributed by atoms with Crippen LogP contribution in [0.4, 0.5) is 4.79 Å². The molecule has 0 aromatic rings. The number of hydrazine groups is 1. The SMILES string of the molecule is CCS(=O)(=O)N(N(C)C(=O)OC(C)(C)C)S(=O)(=O)CC. The van der Waals surface area contributed by atoms with E-state index in [0.29, 0.717) is 5.01 Å². The van der Waals surface area contributed by atoms with Crippen LogP contribution in [-0.4, -0.2) is 55.9 Å². The van der Waals surface area contributed by atoms with Gasteiger partial charge >= 0.3 is 6.09 Å². The Hall–Kier alpha value is -0.870. The molecule has 0 aromatic carbocycles. The number of amides is 1. The number of hydrogen-bond acceptors (Lipinski definition) is 6. The highest BCUT2D eigenvalue weighted by molar-refractivity contribution is 8.03. The Labute approximate surface area is 120 Å². The summed E-state index contributed by atoms with van der Waals surface area (Å²) in [5, 5.41) is 0.461. The summed E-state index contributed by atoms with van der Waals surface area (Å²) in [5.74, 6) is -0.918. The fourth-order valence-corrected chi connectivity index (χ4v) is 4.50. The van der Waals surface area contributed by atoms with Crippen LogP contribution in [0.2, 0.25) is 0 Å². The Morgan fingerprint density at radius 2 is 1.35 bits per heavy atom. The van der Waals surface area contributed by atoms with Gasteiger partial charge in [0.15, 0.2) is 0 Å². The Morgan fingerprint density at radius 1 is 1.00 bits per heavy atom. The predicted molar refractivity (Wildman–Crippen MR) is 74.8 cm³/mol. The standard InChI is InChI=1S/C10H22N2O6S2/c1-7-19(14,15)12(20(16,17)8-2)11(6)9(13)18-10(3,4)5/h7-8H2,1-6H3. The van der Waals surface area contributed by atoms with Gasteiger partial charge in [-0.2, -0.15) is 0 Å². The van der Waals surface area contributed by atoms with Gasteiger partial charge in [-0.25, -0.2) is 26.6 Å². The van der Waals surface area contributed by atoms with E-state index in [4.69, 9.17) is 4.74 Å². The third kappa shape index (κ3) is 4.91. The van der Waals surface area contributed by atoms with Gasteiger partial charge in [0.2, 0.25) is 20.0 Å². The molecule has 0 N–H and O–H groups in total. The van der Waals surface area contributed by atoms with Crippen molar-refractivity contribution in [1.82, 2.24) is 8.83 Å². The summed E-state index contributed by atoms with van der Waals surface area (Å²) >= 11 is 0. The molecule has 0 aromatic heterocycles. The van der Waals surface area contributed by atoms with Gasteiger partial charge in [-0.05, 0) is 34.6 Å². The van der Waals surface area contributed by atoms with Crippen LogP contribution < -0.4 is 0 Å². The summed E-state index contributed by atoms with van der Waals surface area (Å²) in [6, 6.07) is 0. The van der Waals surface area contributed by atoms with Gasteiger partial charge < -0.3 is 4.74 Å². The second kappa shape index (κ2) is 6.27. The molecule has 10 heteroatoms. The molecular formula is C10H22N2O6S2. The van der Waals surface area contributed by atoms with Crippen molar-refractivity contribution in [3.05, 3.63) is 0 Å². The van der Waals surface area contributed by atoms with E-state index in [9.17, 15) is 21.6 Å². The van der Waals surface area contributed by atoms with Gasteiger partial charge in [0.05, 0.1) is 11.5 Å². The van der Waals surface area contributed by atoms with Gasteiger partial charge in [-0.15, -0.1) is 0 Å². The quantitative estimate of drug-likeness (QED) is 0.690. The first-order chi connectivity index (χ1) is 8.78. The summed E-state index contributed by atoms with van der Waals surface area (Å²) in [5.41, 5.74) is -0.872. The highest BCUT2D eigenvalue weighted by atomic mass is 32.3. The summed E-state index contributed by atoms with van der Waals surface area (Å²) in [7, 11) is -7.28. The highest BCUT2D eigenvalue weighted by Crippen LogP contribution is 2.17. The minimum absolute atomic E-state index is 0.0913. The molecule has 120 valence electrons. The Balaban J connectivity index is 5.65. The van der Waals surface area contributed by atoms with E-state index in [2.05, 4.69) is 0 Å². The average molecular weight is 330 g/mol. The Morgan fingerprint density at radius 3 is 1.60 bits per heavy atom. The summed E-state index contributed by atoms with van der Waals surface area (Å²) in [6.07, 6.45) is -1.06. The maximum atomic E-state index is 11.9. The van der Waals surface area contributed by atoms with Crippen molar-refractivity contribution in [1.29, 1.82) is 0 Å². The topological polar surface area (TPSA) is 101 Å². The molecule has 0 spiro atoms. The maximum absolute atomic E-state index is 11.9. The van der Waals surface area contributed by atoms with E-state index in [1.807, 2.05) is 0 Å². The second-order valence-electron chi connectivity index (χ2n) is 4.98. The van der Waals surface area contributed by atoms with Crippen LogP contribution in [0.5, 0.6) is 0 Å². The van der Waals surface area contributed by atoms with Crippen LogP contribution >= 0.6 is 0 Å². The highest BCUT2D eigenvalue weighted by Gasteiger charge is 2.39. The van der Waals surface area contributed by atoms with E-state index in [1.165, 1.54) is 13.8 Å². The van der Waals surface area contributed by atoms with E-state index in [1.54, 1.807) is 20.8 Å². The van der Waals surface area contributed by atoms with Gasteiger partial charge in [0.1, 0.15) is 5.60 Å². The molecule has 0 aliphatic heterocycles. The lowest BCUT2D eigenvalue weighted by Crippen LogP contribution is -2.52. The number of ether oxygens (including phenoxy) is 1. The molecule has 0 fully saturated rings. The first kappa shape index (κ1) is 19.1. The van der Waals surface area contributed by atoms with Gasteiger partial charge in [0.25, 0.3) is 0 Å². The zero-order valence-corrected chi connectivity index (χ0v) is 14.2. The largest absolute Gasteiger partial charge is 0.443 e. The molecule has 8 nitrogen and oxygen atoms in total. The summed E-state index contributed by atoms with van der Waals surface area (Å²) in [4.78, 5) is 11.9. The summed E-state index contributed by atoms with van der Waals surface area (Å²) in [6.45, 7) is 7.34. The molecule has 1 amide bonds. The number of rotatable bonds is 5. The van der Waals surface area contributed by atoms with Crippen molar-refractivity contribution in [2.75, 3.05) is 18.6 Å². The van der Waals surface area contributed by atoms with Gasteiger partial charge in [-0.1, -0.05) is 0 Å². The zero-order chi connectivity index (χ0) is 16.4. The summed E-state index contributed by atoms with van der Waals surface area (Å²) < 4.78 is 52.7. The maximum Gasteiger partial charge on any atom is 0.426 e. The van der Waals surface area contributed by atoms with Crippen LogP contribution in [0.1, 0.15) is 34.6 Å². The van der Waals surface area contributed by atoms with Crippen molar-refractivity contribution in [3.8, 4) is 0 Å². The molecule has 0 atom stereocenters. The van der Waals surface area contributed by atoms with E-state index < -0.39 is 43.2 Å². The number of sulfonamides is 2. The van der Waals surface area contributed by atoms with Crippen LogP contribution in [0.3, 0.4) is 0 Å². The lowest BCUT2D eigenvalue weighted by atomic mass is 10.2. The number of carbonyl (C=O) groups excluding carboxylic acids is 1. The molecule has 0 saturated carbocycles. The molecule has 0 aliphatic carbocycles. The zero-order valence-electron chi connectivity index (χ0n) is 12.6. The molecule has 0 heterocycles. The molecule has 0 rings (SSSR count). The predicted octanol–water partition coefficient (Wildman–Crippen LogP) is 0.770. The fraction of sp³-hybridized carbons (Fsp3) is 0.900. The minimum Gasteiger partial charge on any atom is -0.443 e. The number of carbonyl (C=O) groups is 1. The van der Waals surface area contributed by atoms with Gasteiger partial charge in [-0.3, -0.25) is 0 Å². The monoisotopic (exact) mass is 330 g/mol. The molecule has 20 heavy (non-hydrogen) atoms. The van der Waals surface area contributed by atoms with Crippen LogP contribution in [-0.2, 0) is 24.8 Å². The second-order valence-corrected chi connectivity index (χ2v) is 9.39. The Bertz CT molecular complexity index is 513.